The maximum absolute atomic E-state index is 13.7. The molecule has 0 aromatic carbocycles. The van der Waals surface area contributed by atoms with E-state index in [1.807, 2.05) is 0 Å². The first-order valence-corrected chi connectivity index (χ1v) is 26.8. The molecule has 0 unspecified atom stereocenters. The molecular weight excluding hydrogens is 569 g/mol. The average Bonchev–Trinajstić information content (AvgIpc) is 2.96. The van der Waals surface area contributed by atoms with Crippen molar-refractivity contribution in [2.24, 2.45) is 0 Å². The molecule has 238 valence electrons. The van der Waals surface area contributed by atoms with E-state index in [9.17, 15) is 4.79 Å². The van der Waals surface area contributed by atoms with Crippen LogP contribution >= 0.6 is 0 Å². The van der Waals surface area contributed by atoms with Crippen LogP contribution in [0.15, 0.2) is 0 Å². The summed E-state index contributed by atoms with van der Waals surface area (Å²) < 4.78 is 34.0. The van der Waals surface area contributed by atoms with Gasteiger partial charge in [-0.3, -0.25) is 0 Å². The van der Waals surface area contributed by atoms with Gasteiger partial charge in [-0.2, -0.15) is 0 Å². The Hall–Kier alpha value is 0.178. The first kappa shape index (κ1) is 38.2. The first-order valence-electron chi connectivity index (χ1n) is 15.2. The van der Waals surface area contributed by atoms with E-state index >= 15 is 0 Å². The van der Waals surface area contributed by atoms with Crippen LogP contribution in [0.3, 0.4) is 0 Å². The van der Waals surface area contributed by atoms with Crippen LogP contribution in [0.4, 0.5) is 0 Å². The van der Waals surface area contributed by atoms with Crippen molar-refractivity contribution >= 4 is 39.2 Å². The van der Waals surface area contributed by atoms with Crippen molar-refractivity contribution in [3.63, 3.8) is 0 Å². The maximum atomic E-state index is 13.7. The third kappa shape index (κ3) is 8.86. The van der Waals surface area contributed by atoms with Crippen molar-refractivity contribution in [3.8, 4) is 0 Å². The molecule has 0 aromatic rings. The molecule has 0 aliphatic carbocycles. The third-order valence-electron chi connectivity index (χ3n) is 10.6. The normalized spacial score (nSPS) is 23.4. The Morgan fingerprint density at radius 2 is 1.00 bits per heavy atom. The van der Waals surface area contributed by atoms with Crippen molar-refractivity contribution in [2.75, 3.05) is 6.61 Å². The number of ether oxygens (including phenoxy) is 1. The molecule has 10 heteroatoms. The lowest BCUT2D eigenvalue weighted by Gasteiger charge is -2.45. The summed E-state index contributed by atoms with van der Waals surface area (Å²) in [6.45, 7) is 44.9. The van der Waals surface area contributed by atoms with Crippen molar-refractivity contribution in [1.82, 2.24) is 0 Å². The highest BCUT2D eigenvalue weighted by molar-refractivity contribution is 6.75. The first-order chi connectivity index (χ1) is 17.3. The molecule has 0 aromatic heterocycles. The number of hydrogen-bond acceptors (Lipinski definition) is 6. The Kier molecular flexibility index (Phi) is 11.4. The van der Waals surface area contributed by atoms with E-state index in [1.165, 1.54) is 0 Å². The van der Waals surface area contributed by atoms with Gasteiger partial charge in [0, 0.05) is 0 Å². The van der Waals surface area contributed by atoms with Crippen LogP contribution in [-0.4, -0.2) is 70.3 Å². The summed E-state index contributed by atoms with van der Waals surface area (Å²) >= 11 is 0. The minimum Gasteiger partial charge on any atom is -0.455 e. The zero-order chi connectivity index (χ0) is 32.1. The lowest BCUT2D eigenvalue weighted by atomic mass is 10.1. The Labute approximate surface area is 252 Å². The molecule has 0 radical (unpaired) electrons. The van der Waals surface area contributed by atoms with E-state index in [2.05, 4.69) is 135 Å². The van der Waals surface area contributed by atoms with Gasteiger partial charge in [0.05, 0.1) is 6.61 Å². The maximum Gasteiger partial charge on any atom is 0.337 e. The summed E-state index contributed by atoms with van der Waals surface area (Å²) in [6.07, 6.45) is -2.38. The van der Waals surface area contributed by atoms with Crippen LogP contribution in [0.2, 0.25) is 72.5 Å². The fourth-order valence-corrected chi connectivity index (χ4v) is 8.21. The monoisotopic (exact) mass is 634 g/mol. The van der Waals surface area contributed by atoms with Crippen LogP contribution in [-0.2, 0) is 27.2 Å². The minimum atomic E-state index is -2.31. The number of carbonyl (C=O) groups is 1. The molecule has 40 heavy (non-hydrogen) atoms. The van der Waals surface area contributed by atoms with Crippen molar-refractivity contribution in [2.45, 2.75) is 180 Å². The van der Waals surface area contributed by atoms with Gasteiger partial charge in [-0.25, -0.2) is 4.79 Å². The molecule has 1 fully saturated rings. The Balaban J connectivity index is 3.68. The number of rotatable bonds is 10. The standard InChI is InChI=1S/C30H66O6Si4/c1-27(2,3)37(13,14)32-21-22(34-38(15,16)28(4,5)6)23-24(35-39(17,18)29(7,8)9)25(26(31)33-23)36-40(19,20)30(10,11)12/h22-25H,21H2,1-20H3/t22-,23-,24+,25-/m1/s1. The highest BCUT2D eigenvalue weighted by Gasteiger charge is 2.57. The van der Waals surface area contributed by atoms with E-state index in [1.54, 1.807) is 0 Å². The Bertz CT molecular complexity index is 873. The molecule has 0 saturated carbocycles. The zero-order valence-corrected chi connectivity index (χ0v) is 34.0. The van der Waals surface area contributed by atoms with Crippen LogP contribution < -0.4 is 0 Å². The zero-order valence-electron chi connectivity index (χ0n) is 30.0. The topological polar surface area (TPSA) is 63.2 Å². The summed E-state index contributed by atoms with van der Waals surface area (Å²) in [6, 6.07) is 0. The van der Waals surface area contributed by atoms with E-state index in [-0.39, 0.29) is 26.1 Å². The van der Waals surface area contributed by atoms with Gasteiger partial charge in [0.15, 0.2) is 45.5 Å². The van der Waals surface area contributed by atoms with E-state index in [4.69, 9.17) is 22.4 Å². The highest BCUT2D eigenvalue weighted by Crippen LogP contribution is 2.45. The number of cyclic esters (lactones) is 1. The van der Waals surface area contributed by atoms with Crippen LogP contribution in [0.25, 0.3) is 0 Å². The fraction of sp³-hybridized carbons (Fsp3) is 0.967. The van der Waals surface area contributed by atoms with Gasteiger partial charge in [0.25, 0.3) is 0 Å². The van der Waals surface area contributed by atoms with E-state index in [0.29, 0.717) is 6.61 Å². The smallest absolute Gasteiger partial charge is 0.337 e. The second kappa shape index (κ2) is 11.9. The lowest BCUT2D eigenvalue weighted by molar-refractivity contribution is -0.150. The van der Waals surface area contributed by atoms with E-state index < -0.39 is 57.7 Å². The second-order valence-electron chi connectivity index (χ2n) is 18.0. The quantitative estimate of drug-likeness (QED) is 0.176. The SMILES string of the molecule is CC(C)(C)[Si](C)(C)OC[C@@H](O[Si](C)(C)C(C)(C)C)[C@H]1OC(=O)[C@H](O[Si](C)(C)C(C)(C)C)[C@H]1O[Si](C)(C)C(C)(C)C. The average molecular weight is 635 g/mol. The summed E-state index contributed by atoms with van der Waals surface area (Å²) in [7, 11) is -8.97. The lowest BCUT2D eigenvalue weighted by Crippen LogP contribution is -2.57. The van der Waals surface area contributed by atoms with Crippen molar-refractivity contribution < 1.29 is 27.2 Å². The highest BCUT2D eigenvalue weighted by atomic mass is 28.4. The molecule has 0 amide bonds. The molecule has 1 heterocycles. The predicted molar refractivity (Wildman–Crippen MR) is 179 cm³/mol. The van der Waals surface area contributed by atoms with Crippen LogP contribution in [0.5, 0.6) is 0 Å². The van der Waals surface area contributed by atoms with Gasteiger partial charge in [-0.05, 0) is 72.5 Å². The minimum absolute atomic E-state index is 0.0162. The summed E-state index contributed by atoms with van der Waals surface area (Å²) in [5, 5.41) is -0.0724. The van der Waals surface area contributed by atoms with Gasteiger partial charge in [-0.1, -0.05) is 83.1 Å². The van der Waals surface area contributed by atoms with Crippen molar-refractivity contribution in [1.29, 1.82) is 0 Å². The number of esters is 1. The molecule has 4 atom stereocenters. The van der Waals surface area contributed by atoms with Gasteiger partial charge in [0.2, 0.25) is 0 Å². The van der Waals surface area contributed by atoms with Gasteiger partial charge in [0.1, 0.15) is 12.2 Å². The van der Waals surface area contributed by atoms with Gasteiger partial charge >= 0.3 is 5.97 Å². The van der Waals surface area contributed by atoms with E-state index in [0.717, 1.165) is 0 Å². The summed E-state index contributed by atoms with van der Waals surface area (Å²) in [4.78, 5) is 13.7. The Morgan fingerprint density at radius 1 is 0.625 bits per heavy atom. The third-order valence-corrected chi connectivity index (χ3v) is 28.5. The van der Waals surface area contributed by atoms with Crippen molar-refractivity contribution in [3.05, 3.63) is 0 Å². The van der Waals surface area contributed by atoms with Crippen LogP contribution in [0, 0.1) is 0 Å². The Morgan fingerprint density at radius 3 is 1.38 bits per heavy atom. The molecular formula is C30H66O6Si4. The molecule has 0 N–H and O–H groups in total. The molecule has 1 aliphatic rings. The largest absolute Gasteiger partial charge is 0.455 e. The fourth-order valence-electron chi connectivity index (χ4n) is 3.38. The van der Waals surface area contributed by atoms with Crippen LogP contribution in [0.1, 0.15) is 83.1 Å². The molecule has 6 nitrogen and oxygen atoms in total. The molecule has 1 saturated heterocycles. The molecule has 1 aliphatic heterocycles. The second-order valence-corrected chi connectivity index (χ2v) is 37.1. The number of hydrogen-bond donors (Lipinski definition) is 0. The van der Waals surface area contributed by atoms with Gasteiger partial charge < -0.3 is 22.4 Å². The molecule has 1 rings (SSSR count). The number of carbonyl (C=O) groups excluding carboxylic acids is 1. The molecule has 0 bridgehead atoms. The molecule has 0 spiro atoms. The van der Waals surface area contributed by atoms with Gasteiger partial charge in [-0.15, -0.1) is 0 Å². The summed E-state index contributed by atoms with van der Waals surface area (Å²) in [5.41, 5.74) is 0. The summed E-state index contributed by atoms with van der Waals surface area (Å²) in [5.74, 6) is -0.338. The predicted octanol–water partition coefficient (Wildman–Crippen LogP) is 9.10.